The van der Waals surface area contributed by atoms with Crippen molar-refractivity contribution in [3.8, 4) is 0 Å². The number of amides is 1. The minimum atomic E-state index is 0.0825. The Morgan fingerprint density at radius 3 is 2.89 bits per heavy atom. The van der Waals surface area contributed by atoms with Gasteiger partial charge in [-0.05, 0) is 42.9 Å². The molecule has 1 heterocycles. The van der Waals surface area contributed by atoms with Gasteiger partial charge in [0.15, 0.2) is 0 Å². The van der Waals surface area contributed by atoms with Crippen molar-refractivity contribution < 1.29 is 4.79 Å². The highest BCUT2D eigenvalue weighted by Gasteiger charge is 2.42. The lowest BCUT2D eigenvalue weighted by Gasteiger charge is -2.18. The summed E-state index contributed by atoms with van der Waals surface area (Å²) in [7, 11) is 0. The van der Waals surface area contributed by atoms with Crippen LogP contribution in [-0.2, 0) is 0 Å². The van der Waals surface area contributed by atoms with Crippen LogP contribution in [0, 0.1) is 11.8 Å². The van der Waals surface area contributed by atoms with E-state index in [1.807, 2.05) is 17.0 Å². The average Bonchev–Trinajstić information content (AvgIpc) is 2.91. The van der Waals surface area contributed by atoms with E-state index in [0.29, 0.717) is 22.4 Å². The molecule has 1 amide bonds. The Balaban J connectivity index is 1.75. The SMILES string of the molecule is N[C@@H]1CC[C@@H]2CN(C(=O)c3cccc(Cl)c3)C[C@H]21. The van der Waals surface area contributed by atoms with Gasteiger partial charge in [-0.2, -0.15) is 0 Å². The van der Waals surface area contributed by atoms with Gasteiger partial charge in [0.1, 0.15) is 0 Å². The highest BCUT2D eigenvalue weighted by molar-refractivity contribution is 6.30. The maximum absolute atomic E-state index is 12.4. The quantitative estimate of drug-likeness (QED) is 0.845. The third kappa shape index (κ3) is 2.02. The van der Waals surface area contributed by atoms with Gasteiger partial charge in [-0.15, -0.1) is 0 Å². The van der Waals surface area contributed by atoms with E-state index in [2.05, 4.69) is 0 Å². The van der Waals surface area contributed by atoms with Crippen molar-refractivity contribution in [3.05, 3.63) is 34.9 Å². The van der Waals surface area contributed by atoms with Crippen LogP contribution in [0.3, 0.4) is 0 Å². The van der Waals surface area contributed by atoms with Crippen molar-refractivity contribution in [2.45, 2.75) is 18.9 Å². The minimum Gasteiger partial charge on any atom is -0.338 e. The number of fused-ring (bicyclic) bond motifs is 1. The highest BCUT2D eigenvalue weighted by atomic mass is 35.5. The Bertz CT molecular complexity index is 477. The van der Waals surface area contributed by atoms with Crippen molar-refractivity contribution in [2.75, 3.05) is 13.1 Å². The summed E-state index contributed by atoms with van der Waals surface area (Å²) in [5, 5.41) is 0.608. The lowest BCUT2D eigenvalue weighted by Crippen LogP contribution is -2.33. The first kappa shape index (κ1) is 12.0. The van der Waals surface area contributed by atoms with Crippen LogP contribution in [0.2, 0.25) is 5.02 Å². The molecule has 0 aromatic heterocycles. The molecule has 1 aliphatic carbocycles. The molecule has 96 valence electrons. The fourth-order valence-electron chi connectivity index (χ4n) is 3.28. The third-order valence-electron chi connectivity index (χ3n) is 4.27. The van der Waals surface area contributed by atoms with Crippen molar-refractivity contribution >= 4 is 17.5 Å². The maximum Gasteiger partial charge on any atom is 0.253 e. The second-order valence-electron chi connectivity index (χ2n) is 5.39. The van der Waals surface area contributed by atoms with E-state index < -0.39 is 0 Å². The molecule has 3 atom stereocenters. The maximum atomic E-state index is 12.4. The molecule has 0 unspecified atom stereocenters. The highest BCUT2D eigenvalue weighted by Crippen LogP contribution is 2.37. The molecule has 2 N–H and O–H groups in total. The normalized spacial score (nSPS) is 30.6. The Morgan fingerprint density at radius 1 is 1.33 bits per heavy atom. The van der Waals surface area contributed by atoms with Crippen LogP contribution in [0.25, 0.3) is 0 Å². The number of halogens is 1. The zero-order chi connectivity index (χ0) is 12.7. The Hall–Kier alpha value is -1.06. The van der Waals surface area contributed by atoms with Gasteiger partial charge in [0.05, 0.1) is 0 Å². The summed E-state index contributed by atoms with van der Waals surface area (Å²) in [5.41, 5.74) is 6.76. The van der Waals surface area contributed by atoms with E-state index in [-0.39, 0.29) is 11.9 Å². The number of hydrogen-bond donors (Lipinski definition) is 1. The van der Waals surface area contributed by atoms with Crippen LogP contribution >= 0.6 is 11.6 Å². The van der Waals surface area contributed by atoms with Gasteiger partial charge in [-0.25, -0.2) is 0 Å². The molecule has 1 saturated carbocycles. The number of nitrogens with two attached hydrogens (primary N) is 1. The second kappa shape index (κ2) is 4.56. The molecule has 0 spiro atoms. The summed E-state index contributed by atoms with van der Waals surface area (Å²) in [5.74, 6) is 1.18. The first-order valence-electron chi connectivity index (χ1n) is 6.45. The summed E-state index contributed by atoms with van der Waals surface area (Å²) >= 11 is 5.92. The number of rotatable bonds is 1. The number of carbonyl (C=O) groups is 1. The number of likely N-dealkylation sites (tertiary alicyclic amines) is 1. The van der Waals surface area contributed by atoms with Crippen molar-refractivity contribution in [1.29, 1.82) is 0 Å². The molecule has 2 aliphatic rings. The first-order chi connectivity index (χ1) is 8.65. The zero-order valence-corrected chi connectivity index (χ0v) is 10.9. The predicted octanol–water partition coefficient (Wildman–Crippen LogP) is 2.15. The fraction of sp³-hybridized carbons (Fsp3) is 0.500. The van der Waals surface area contributed by atoms with Gasteiger partial charge in [0.25, 0.3) is 5.91 Å². The molecular formula is C14H17ClN2O. The smallest absolute Gasteiger partial charge is 0.253 e. The monoisotopic (exact) mass is 264 g/mol. The van der Waals surface area contributed by atoms with Crippen LogP contribution in [-0.4, -0.2) is 29.9 Å². The number of carbonyl (C=O) groups excluding carboxylic acids is 1. The zero-order valence-electron chi connectivity index (χ0n) is 10.2. The van der Waals surface area contributed by atoms with E-state index in [9.17, 15) is 4.79 Å². The van der Waals surface area contributed by atoms with Gasteiger partial charge in [0.2, 0.25) is 0 Å². The Morgan fingerprint density at radius 2 is 2.17 bits per heavy atom. The van der Waals surface area contributed by atoms with Gasteiger partial charge in [-0.3, -0.25) is 4.79 Å². The van der Waals surface area contributed by atoms with Crippen molar-refractivity contribution in [1.82, 2.24) is 4.90 Å². The Labute approximate surface area is 112 Å². The van der Waals surface area contributed by atoms with Crippen LogP contribution in [0.4, 0.5) is 0 Å². The van der Waals surface area contributed by atoms with E-state index in [0.717, 1.165) is 25.9 Å². The molecule has 1 aromatic rings. The second-order valence-corrected chi connectivity index (χ2v) is 5.82. The van der Waals surface area contributed by atoms with Gasteiger partial charge < -0.3 is 10.6 Å². The molecule has 1 aromatic carbocycles. The van der Waals surface area contributed by atoms with E-state index >= 15 is 0 Å². The standard InChI is InChI=1S/C14H17ClN2O/c15-11-3-1-2-9(6-11)14(18)17-7-10-4-5-13(16)12(10)8-17/h1-3,6,10,12-13H,4-5,7-8,16H2/t10-,12-,13-/m1/s1. The predicted molar refractivity (Wildman–Crippen MR) is 71.5 cm³/mol. The minimum absolute atomic E-state index is 0.0825. The first-order valence-corrected chi connectivity index (χ1v) is 6.83. The lowest BCUT2D eigenvalue weighted by atomic mass is 9.98. The van der Waals surface area contributed by atoms with Crippen LogP contribution < -0.4 is 5.73 Å². The number of hydrogen-bond acceptors (Lipinski definition) is 2. The molecule has 4 heteroatoms. The van der Waals surface area contributed by atoms with E-state index in [1.165, 1.54) is 0 Å². The average molecular weight is 265 g/mol. The molecule has 0 radical (unpaired) electrons. The lowest BCUT2D eigenvalue weighted by molar-refractivity contribution is 0.0779. The summed E-state index contributed by atoms with van der Waals surface area (Å²) in [6.45, 7) is 1.65. The van der Waals surface area contributed by atoms with Crippen LogP contribution in [0.15, 0.2) is 24.3 Å². The fourth-order valence-corrected chi connectivity index (χ4v) is 3.47. The van der Waals surface area contributed by atoms with Crippen molar-refractivity contribution in [3.63, 3.8) is 0 Å². The summed E-state index contributed by atoms with van der Waals surface area (Å²) in [4.78, 5) is 14.3. The third-order valence-corrected chi connectivity index (χ3v) is 4.51. The molecule has 0 bridgehead atoms. The summed E-state index contributed by atoms with van der Waals surface area (Å²) < 4.78 is 0. The van der Waals surface area contributed by atoms with E-state index in [1.54, 1.807) is 12.1 Å². The topological polar surface area (TPSA) is 46.3 Å². The van der Waals surface area contributed by atoms with Gasteiger partial charge >= 0.3 is 0 Å². The van der Waals surface area contributed by atoms with Gasteiger partial charge in [0, 0.05) is 29.7 Å². The van der Waals surface area contributed by atoms with E-state index in [4.69, 9.17) is 17.3 Å². The molecule has 3 rings (SSSR count). The molecule has 1 saturated heterocycles. The molecule has 18 heavy (non-hydrogen) atoms. The van der Waals surface area contributed by atoms with Crippen molar-refractivity contribution in [2.24, 2.45) is 17.6 Å². The molecular weight excluding hydrogens is 248 g/mol. The summed E-state index contributed by atoms with van der Waals surface area (Å²) in [6, 6.07) is 7.43. The largest absolute Gasteiger partial charge is 0.338 e. The molecule has 2 fully saturated rings. The van der Waals surface area contributed by atoms with Gasteiger partial charge in [-0.1, -0.05) is 17.7 Å². The number of benzene rings is 1. The molecule has 1 aliphatic heterocycles. The number of nitrogens with zero attached hydrogens (tertiary/aromatic N) is 1. The summed E-state index contributed by atoms with van der Waals surface area (Å²) in [6.07, 6.45) is 2.26. The van der Waals surface area contributed by atoms with Crippen LogP contribution in [0.5, 0.6) is 0 Å². The molecule has 3 nitrogen and oxygen atoms in total. The Kier molecular flexibility index (Phi) is 3.04. The van der Waals surface area contributed by atoms with Crippen LogP contribution in [0.1, 0.15) is 23.2 Å².